The van der Waals surface area contributed by atoms with Gasteiger partial charge >= 0.3 is 5.97 Å². The Labute approximate surface area is 119 Å². The molecule has 102 valence electrons. The highest BCUT2D eigenvalue weighted by molar-refractivity contribution is 9.10. The first-order valence-electron chi connectivity index (χ1n) is 6.44. The zero-order chi connectivity index (χ0) is 13.6. The van der Waals surface area contributed by atoms with Crippen molar-refractivity contribution in [3.05, 3.63) is 27.7 Å². The van der Waals surface area contributed by atoms with Crippen LogP contribution < -0.4 is 4.74 Å². The summed E-state index contributed by atoms with van der Waals surface area (Å²) in [6.45, 7) is 1.89. The zero-order valence-electron chi connectivity index (χ0n) is 10.6. The maximum absolute atomic E-state index is 11.4. The summed E-state index contributed by atoms with van der Waals surface area (Å²) in [6, 6.07) is 3.43. The molecule has 5 heteroatoms. The third-order valence-electron chi connectivity index (χ3n) is 3.80. The molecule has 0 radical (unpaired) electrons. The lowest BCUT2D eigenvalue weighted by Crippen LogP contribution is -2.41. The predicted molar refractivity (Wildman–Crippen MR) is 72.4 cm³/mol. The normalized spacial score (nSPS) is 24.0. The van der Waals surface area contributed by atoms with Gasteiger partial charge in [-0.05, 0) is 31.9 Å². The van der Waals surface area contributed by atoms with Crippen LogP contribution in [0.1, 0.15) is 54.6 Å². The Morgan fingerprint density at radius 2 is 2.11 bits per heavy atom. The van der Waals surface area contributed by atoms with Crippen LogP contribution in [0, 0.1) is 0 Å². The molecular weight excluding hydrogens is 312 g/mol. The van der Waals surface area contributed by atoms with Gasteiger partial charge in [0.25, 0.3) is 0 Å². The minimum atomic E-state index is -0.959. The lowest BCUT2D eigenvalue weighted by atomic mass is 9.99. The lowest BCUT2D eigenvalue weighted by Gasteiger charge is -2.39. The molecule has 1 aliphatic carbocycles. The Morgan fingerprint density at radius 3 is 2.74 bits per heavy atom. The molecule has 1 spiro atoms. The number of halogens is 1. The van der Waals surface area contributed by atoms with Crippen molar-refractivity contribution in [2.45, 2.75) is 44.5 Å². The molecule has 1 unspecified atom stereocenters. The fourth-order valence-electron chi connectivity index (χ4n) is 3.01. The summed E-state index contributed by atoms with van der Waals surface area (Å²) in [4.78, 5) is 11.4. The van der Waals surface area contributed by atoms with E-state index in [-0.39, 0.29) is 11.7 Å². The summed E-state index contributed by atoms with van der Waals surface area (Å²) in [5, 5.41) is 9.31. The van der Waals surface area contributed by atoms with Crippen molar-refractivity contribution in [2.24, 2.45) is 0 Å². The highest BCUT2D eigenvalue weighted by atomic mass is 79.9. The number of rotatable bonds is 1. The van der Waals surface area contributed by atoms with Crippen molar-refractivity contribution < 1.29 is 19.4 Å². The van der Waals surface area contributed by atoms with Crippen molar-refractivity contribution in [1.82, 2.24) is 0 Å². The number of fused-ring (bicyclic) bond motifs is 1. The van der Waals surface area contributed by atoms with E-state index in [0.717, 1.165) is 25.7 Å². The first-order chi connectivity index (χ1) is 9.01. The van der Waals surface area contributed by atoms with E-state index in [2.05, 4.69) is 15.9 Å². The molecule has 1 N–H and O–H groups in total. The maximum Gasteiger partial charge on any atom is 0.336 e. The lowest BCUT2D eigenvalue weighted by molar-refractivity contribution is -0.221. The van der Waals surface area contributed by atoms with Crippen molar-refractivity contribution in [1.29, 1.82) is 0 Å². The van der Waals surface area contributed by atoms with Gasteiger partial charge in [-0.15, -0.1) is 0 Å². The van der Waals surface area contributed by atoms with E-state index < -0.39 is 11.8 Å². The second kappa shape index (κ2) is 4.49. The molecule has 1 aromatic carbocycles. The first kappa shape index (κ1) is 12.9. The van der Waals surface area contributed by atoms with Crippen molar-refractivity contribution in [3.8, 4) is 5.75 Å². The topological polar surface area (TPSA) is 55.8 Å². The quantitative estimate of drug-likeness (QED) is 0.850. The van der Waals surface area contributed by atoms with Crippen LogP contribution in [-0.2, 0) is 4.74 Å². The number of carbonyl (C=O) groups is 1. The number of carboxylic acid groups (broad SMARTS) is 1. The maximum atomic E-state index is 11.4. The van der Waals surface area contributed by atoms with Gasteiger partial charge in [-0.2, -0.15) is 0 Å². The molecule has 1 saturated carbocycles. The Balaban J connectivity index is 2.10. The Morgan fingerprint density at radius 1 is 1.42 bits per heavy atom. The molecule has 0 amide bonds. The van der Waals surface area contributed by atoms with Gasteiger partial charge in [-0.1, -0.05) is 15.9 Å². The molecule has 1 aromatic rings. The van der Waals surface area contributed by atoms with E-state index >= 15 is 0 Å². The van der Waals surface area contributed by atoms with Crippen LogP contribution in [-0.4, -0.2) is 16.9 Å². The van der Waals surface area contributed by atoms with E-state index in [9.17, 15) is 9.90 Å². The van der Waals surface area contributed by atoms with E-state index in [1.165, 1.54) is 0 Å². The van der Waals surface area contributed by atoms with Gasteiger partial charge in [-0.25, -0.2) is 4.79 Å². The molecule has 1 atom stereocenters. The number of benzene rings is 1. The average molecular weight is 327 g/mol. The second-order valence-corrected chi connectivity index (χ2v) is 6.07. The summed E-state index contributed by atoms with van der Waals surface area (Å²) in [5.74, 6) is -0.880. The van der Waals surface area contributed by atoms with Crippen LogP contribution in [0.2, 0.25) is 0 Å². The molecule has 19 heavy (non-hydrogen) atoms. The first-order valence-corrected chi connectivity index (χ1v) is 7.24. The van der Waals surface area contributed by atoms with E-state index in [0.29, 0.717) is 15.8 Å². The zero-order valence-corrected chi connectivity index (χ0v) is 12.2. The fourth-order valence-corrected chi connectivity index (χ4v) is 3.45. The number of carboxylic acids is 1. The predicted octanol–water partition coefficient (Wildman–Crippen LogP) is 3.89. The van der Waals surface area contributed by atoms with Gasteiger partial charge in [0.15, 0.2) is 0 Å². The molecule has 0 aromatic heterocycles. The van der Waals surface area contributed by atoms with Crippen molar-refractivity contribution in [3.63, 3.8) is 0 Å². The van der Waals surface area contributed by atoms with Crippen LogP contribution in [0.15, 0.2) is 16.6 Å². The van der Waals surface area contributed by atoms with Crippen LogP contribution in [0.25, 0.3) is 0 Å². The van der Waals surface area contributed by atoms with Crippen LogP contribution in [0.5, 0.6) is 5.75 Å². The fraction of sp³-hybridized carbons (Fsp3) is 0.500. The standard InChI is InChI=1S/C14H15BrO4/c1-8-12-10(13(16)17)6-9(15)7-11(12)19-14(18-8)4-2-3-5-14/h6-8H,2-5H2,1H3,(H,16,17). The monoisotopic (exact) mass is 326 g/mol. The van der Waals surface area contributed by atoms with Gasteiger partial charge < -0.3 is 14.6 Å². The van der Waals surface area contributed by atoms with Crippen molar-refractivity contribution >= 4 is 21.9 Å². The molecule has 1 fully saturated rings. The van der Waals surface area contributed by atoms with Gasteiger partial charge in [0.05, 0.1) is 11.7 Å². The van der Waals surface area contributed by atoms with E-state index in [1.807, 2.05) is 13.0 Å². The molecule has 1 heterocycles. The number of hydrogen-bond donors (Lipinski definition) is 1. The van der Waals surface area contributed by atoms with Crippen LogP contribution >= 0.6 is 15.9 Å². The number of aromatic carboxylic acids is 1. The molecule has 1 aliphatic heterocycles. The third-order valence-corrected chi connectivity index (χ3v) is 4.25. The Hall–Kier alpha value is -1.07. The summed E-state index contributed by atoms with van der Waals surface area (Å²) < 4.78 is 12.7. The van der Waals surface area contributed by atoms with Gasteiger partial charge in [0.1, 0.15) is 5.75 Å². The van der Waals surface area contributed by atoms with E-state index in [4.69, 9.17) is 9.47 Å². The van der Waals surface area contributed by atoms with Gasteiger partial charge in [0.2, 0.25) is 5.79 Å². The minimum absolute atomic E-state index is 0.240. The molecule has 4 nitrogen and oxygen atoms in total. The smallest absolute Gasteiger partial charge is 0.336 e. The van der Waals surface area contributed by atoms with Crippen molar-refractivity contribution in [2.75, 3.05) is 0 Å². The molecule has 3 rings (SSSR count). The summed E-state index contributed by atoms with van der Waals surface area (Å²) in [6.07, 6.45) is 3.64. The molecule has 0 bridgehead atoms. The Kier molecular flexibility index (Phi) is 3.06. The minimum Gasteiger partial charge on any atom is -0.478 e. The molecule has 2 aliphatic rings. The van der Waals surface area contributed by atoms with Gasteiger partial charge in [-0.3, -0.25) is 0 Å². The highest BCUT2D eigenvalue weighted by Gasteiger charge is 2.44. The summed E-state index contributed by atoms with van der Waals surface area (Å²) >= 11 is 3.34. The molecular formula is C14H15BrO4. The van der Waals surface area contributed by atoms with Crippen LogP contribution in [0.4, 0.5) is 0 Å². The summed E-state index contributed by atoms with van der Waals surface area (Å²) in [7, 11) is 0. The van der Waals surface area contributed by atoms with E-state index in [1.54, 1.807) is 6.07 Å². The number of ether oxygens (including phenoxy) is 2. The Bertz CT molecular complexity index is 534. The second-order valence-electron chi connectivity index (χ2n) is 5.15. The average Bonchev–Trinajstić information content (AvgIpc) is 2.75. The summed E-state index contributed by atoms with van der Waals surface area (Å²) in [5.41, 5.74) is 0.873. The molecule has 0 saturated heterocycles. The highest BCUT2D eigenvalue weighted by Crippen LogP contribution is 2.47. The van der Waals surface area contributed by atoms with Crippen LogP contribution in [0.3, 0.4) is 0 Å². The third kappa shape index (κ3) is 2.15. The SMILES string of the molecule is CC1OC2(CCCC2)Oc2cc(Br)cc(C(=O)O)c21. The number of hydrogen-bond acceptors (Lipinski definition) is 3. The largest absolute Gasteiger partial charge is 0.478 e. The van der Waals surface area contributed by atoms with Gasteiger partial charge in [0, 0.05) is 22.9 Å².